The molecule has 2 fully saturated rings. The monoisotopic (exact) mass is 556 g/mol. The predicted molar refractivity (Wildman–Crippen MR) is 158 cm³/mol. The van der Waals surface area contributed by atoms with Crippen molar-refractivity contribution in [2.45, 2.75) is 51.9 Å². The van der Waals surface area contributed by atoms with E-state index in [1.165, 1.54) is 18.7 Å². The molecule has 41 heavy (non-hydrogen) atoms. The van der Waals surface area contributed by atoms with Crippen LogP contribution in [0.5, 0.6) is 0 Å². The van der Waals surface area contributed by atoms with E-state index in [0.29, 0.717) is 45.4 Å². The molecule has 2 aromatic rings. The zero-order chi connectivity index (χ0) is 28.9. The van der Waals surface area contributed by atoms with Crippen LogP contribution in [0.1, 0.15) is 67.8 Å². The predicted octanol–water partition coefficient (Wildman–Crippen LogP) is 6.39. The van der Waals surface area contributed by atoms with Gasteiger partial charge in [0.15, 0.2) is 0 Å². The van der Waals surface area contributed by atoms with Crippen LogP contribution in [-0.4, -0.2) is 59.1 Å². The Balaban J connectivity index is 1.39. The fourth-order valence-corrected chi connectivity index (χ4v) is 5.44. The molecule has 1 aromatic carbocycles. The van der Waals surface area contributed by atoms with Gasteiger partial charge in [0.25, 0.3) is 5.91 Å². The fourth-order valence-electron chi connectivity index (χ4n) is 5.44. The molecule has 0 radical (unpaired) electrons. The molecule has 2 aliphatic heterocycles. The number of pyridine rings is 1. The highest BCUT2D eigenvalue weighted by atomic mass is 19.1. The number of hydrogen-bond donors (Lipinski definition) is 0. The number of aromatic nitrogens is 1. The Labute approximate surface area is 241 Å². The van der Waals surface area contributed by atoms with Gasteiger partial charge in [-0.05, 0) is 74.4 Å². The Hall–Kier alpha value is -4.07. The van der Waals surface area contributed by atoms with Gasteiger partial charge >= 0.3 is 5.97 Å². The van der Waals surface area contributed by atoms with Gasteiger partial charge in [0.05, 0.1) is 17.9 Å². The van der Waals surface area contributed by atoms with E-state index in [1.807, 2.05) is 22.9 Å². The van der Waals surface area contributed by atoms with Crippen molar-refractivity contribution in [1.82, 2.24) is 14.8 Å². The first-order valence-electron chi connectivity index (χ1n) is 14.5. The van der Waals surface area contributed by atoms with Gasteiger partial charge in [-0.2, -0.15) is 0 Å². The molecule has 1 aromatic heterocycles. The second-order valence-corrected chi connectivity index (χ2v) is 10.8. The van der Waals surface area contributed by atoms with Gasteiger partial charge < -0.3 is 14.5 Å². The first kappa shape index (κ1) is 28.5. The van der Waals surface area contributed by atoms with Gasteiger partial charge in [0.2, 0.25) is 0 Å². The lowest BCUT2D eigenvalue weighted by molar-refractivity contribution is -0.124. The maximum absolute atomic E-state index is 15.4. The van der Waals surface area contributed by atoms with Crippen molar-refractivity contribution < 1.29 is 18.7 Å². The lowest BCUT2D eigenvalue weighted by atomic mass is 9.81. The van der Waals surface area contributed by atoms with Crippen molar-refractivity contribution in [3.8, 4) is 11.3 Å². The van der Waals surface area contributed by atoms with Crippen LogP contribution in [-0.2, 0) is 9.53 Å². The van der Waals surface area contributed by atoms with Crippen molar-refractivity contribution in [1.29, 1.82) is 0 Å². The number of allylic oxidation sites excluding steroid dienone is 3. The summed E-state index contributed by atoms with van der Waals surface area (Å²) >= 11 is 0. The van der Waals surface area contributed by atoms with Crippen molar-refractivity contribution in [3.63, 3.8) is 0 Å². The number of benzene rings is 1. The van der Waals surface area contributed by atoms with Gasteiger partial charge in [-0.25, -0.2) is 14.2 Å². The number of nitrogens with zero attached hydrogens (tertiary/aromatic N) is 4. The van der Waals surface area contributed by atoms with E-state index in [-0.39, 0.29) is 12.5 Å². The summed E-state index contributed by atoms with van der Waals surface area (Å²) in [5.41, 5.74) is 3.78. The number of aliphatic imine (C=N–C) groups is 1. The number of carbonyl (C=O) groups excluding carboxylic acids is 2. The summed E-state index contributed by atoms with van der Waals surface area (Å²) in [5, 5.41) is 0. The van der Waals surface area contributed by atoms with Crippen molar-refractivity contribution in [2.24, 2.45) is 10.9 Å². The molecular formula is C33H37FN4O3. The highest BCUT2D eigenvalue weighted by molar-refractivity contribution is 6.43. The number of carbonyl (C=O) groups is 2. The maximum atomic E-state index is 15.4. The molecule has 8 heteroatoms. The van der Waals surface area contributed by atoms with E-state index in [9.17, 15) is 9.59 Å². The minimum Gasteiger partial charge on any atom is -0.462 e. The number of esters is 1. The molecule has 3 aliphatic rings. The van der Waals surface area contributed by atoms with Gasteiger partial charge in [-0.1, -0.05) is 38.0 Å². The molecule has 3 heterocycles. The Morgan fingerprint density at radius 3 is 2.46 bits per heavy atom. The fraction of sp³-hybridized carbons (Fsp3) is 0.394. The molecule has 5 rings (SSSR count). The number of likely N-dealkylation sites (tertiary alicyclic amines) is 1. The summed E-state index contributed by atoms with van der Waals surface area (Å²) < 4.78 is 20.4. The molecule has 1 amide bonds. The van der Waals surface area contributed by atoms with E-state index in [1.54, 1.807) is 37.3 Å². The van der Waals surface area contributed by atoms with Crippen LogP contribution in [0, 0.1) is 11.7 Å². The van der Waals surface area contributed by atoms with Gasteiger partial charge in [-0.15, -0.1) is 0 Å². The minimum absolute atomic E-state index is 0.0367. The van der Waals surface area contributed by atoms with E-state index < -0.39 is 11.8 Å². The van der Waals surface area contributed by atoms with Crippen molar-refractivity contribution >= 4 is 23.2 Å². The smallest absolute Gasteiger partial charge is 0.339 e. The highest BCUT2D eigenvalue weighted by Crippen LogP contribution is 2.38. The molecule has 214 valence electrons. The summed E-state index contributed by atoms with van der Waals surface area (Å²) in [6.45, 7) is 7.68. The second kappa shape index (κ2) is 12.6. The molecule has 7 nitrogen and oxygen atoms in total. The molecule has 1 saturated carbocycles. The minimum atomic E-state index is -0.446. The van der Waals surface area contributed by atoms with Gasteiger partial charge in [0, 0.05) is 43.2 Å². The van der Waals surface area contributed by atoms with Gasteiger partial charge in [-0.3, -0.25) is 9.78 Å². The second-order valence-electron chi connectivity index (χ2n) is 10.8. The zero-order valence-electron chi connectivity index (χ0n) is 23.9. The topological polar surface area (TPSA) is 75.1 Å². The number of amides is 1. The molecule has 1 aliphatic carbocycles. The quantitative estimate of drug-likeness (QED) is 0.370. The van der Waals surface area contributed by atoms with E-state index in [2.05, 4.69) is 11.6 Å². The average molecular weight is 557 g/mol. The first-order valence-corrected chi connectivity index (χ1v) is 14.5. The van der Waals surface area contributed by atoms with Crippen molar-refractivity contribution in [3.05, 3.63) is 83.7 Å². The summed E-state index contributed by atoms with van der Waals surface area (Å²) in [4.78, 5) is 38.4. The zero-order valence-corrected chi connectivity index (χ0v) is 23.9. The van der Waals surface area contributed by atoms with Crippen LogP contribution in [0.2, 0.25) is 0 Å². The molecule has 0 unspecified atom stereocenters. The van der Waals surface area contributed by atoms with E-state index >= 15 is 4.39 Å². The molecule has 0 N–H and O–H groups in total. The van der Waals surface area contributed by atoms with E-state index in [0.717, 1.165) is 57.3 Å². The molecule has 0 spiro atoms. The Morgan fingerprint density at radius 1 is 1.10 bits per heavy atom. The van der Waals surface area contributed by atoms with Crippen LogP contribution >= 0.6 is 0 Å². The van der Waals surface area contributed by atoms with E-state index in [4.69, 9.17) is 9.73 Å². The molecule has 0 atom stereocenters. The molecule has 1 saturated heterocycles. The van der Waals surface area contributed by atoms with Gasteiger partial charge in [0.1, 0.15) is 17.3 Å². The number of rotatable bonds is 7. The normalized spacial score (nSPS) is 18.8. The number of ether oxygens (including phenoxy) is 1. The maximum Gasteiger partial charge on any atom is 0.339 e. The number of halogens is 1. The number of hydrogen-bond acceptors (Lipinski definition) is 6. The highest BCUT2D eigenvalue weighted by Gasteiger charge is 2.31. The SMILES string of the molecule is C=C(/C=C1/N=C(C(=O)N2CCCCCC2)C=C(C2CCC2)N1C)c1ccc(-c2ccc(C(=O)OCC)cn2)cc1F. The standard InChI is InChI=1S/C33H37FN4O3/c1-4-41-33(40)25-13-15-28(35-21-25)24-12-14-26(27(34)19-24)22(2)18-31-36-29(20-30(37(31)3)23-10-9-11-23)32(39)38-16-7-5-6-8-17-38/h12-15,18-21,23H,2,4-11,16-17H2,1,3H3/b31-18-. The molecule has 0 bridgehead atoms. The van der Waals surface area contributed by atoms with Crippen LogP contribution in [0.4, 0.5) is 4.39 Å². The summed E-state index contributed by atoms with van der Waals surface area (Å²) in [7, 11) is 1.95. The third-order valence-electron chi connectivity index (χ3n) is 8.08. The lowest BCUT2D eigenvalue weighted by Gasteiger charge is -2.37. The summed E-state index contributed by atoms with van der Waals surface area (Å²) in [6, 6.07) is 8.14. The first-order chi connectivity index (χ1) is 19.9. The Bertz CT molecular complexity index is 1410. The molecular weight excluding hydrogens is 519 g/mol. The summed E-state index contributed by atoms with van der Waals surface area (Å²) in [6.07, 6.45) is 12.8. The third-order valence-corrected chi connectivity index (χ3v) is 8.08. The Morgan fingerprint density at radius 2 is 1.85 bits per heavy atom. The third kappa shape index (κ3) is 6.32. The average Bonchev–Trinajstić information content (AvgIpc) is 3.23. The summed E-state index contributed by atoms with van der Waals surface area (Å²) in [5.74, 6) is 0.0403. The van der Waals surface area contributed by atoms with Crippen LogP contribution in [0.15, 0.2) is 71.8 Å². The van der Waals surface area contributed by atoms with Crippen LogP contribution in [0.3, 0.4) is 0 Å². The van der Waals surface area contributed by atoms with Crippen LogP contribution in [0.25, 0.3) is 16.8 Å². The Kier molecular flexibility index (Phi) is 8.76. The van der Waals surface area contributed by atoms with Crippen molar-refractivity contribution in [2.75, 3.05) is 26.7 Å². The lowest BCUT2D eigenvalue weighted by Crippen LogP contribution is -2.39. The largest absolute Gasteiger partial charge is 0.462 e. The van der Waals surface area contributed by atoms with Crippen LogP contribution < -0.4 is 0 Å².